The van der Waals surface area contributed by atoms with Crippen molar-refractivity contribution in [1.82, 2.24) is 0 Å². The van der Waals surface area contributed by atoms with Gasteiger partial charge in [0.25, 0.3) is 0 Å². The van der Waals surface area contributed by atoms with Crippen molar-refractivity contribution in [3.05, 3.63) is 65.8 Å². The van der Waals surface area contributed by atoms with Gasteiger partial charge in [0, 0.05) is 5.56 Å². The Bertz CT molecular complexity index is 848. The lowest BCUT2D eigenvalue weighted by molar-refractivity contribution is 0.212. The maximum absolute atomic E-state index is 15.0. The highest BCUT2D eigenvalue weighted by atomic mass is 19.2. The molecule has 2 saturated carbocycles. The van der Waals surface area contributed by atoms with E-state index in [1.165, 1.54) is 51.4 Å². The normalized spacial score (nSPS) is 30.9. The number of hydrogen-bond acceptors (Lipinski definition) is 0. The number of halogens is 2. The molecule has 0 saturated heterocycles. The molecule has 0 heterocycles. The second-order valence-corrected chi connectivity index (χ2v) is 11.1. The Morgan fingerprint density at radius 2 is 1.61 bits per heavy atom. The molecule has 3 aliphatic rings. The number of benzene rings is 1. The van der Waals surface area contributed by atoms with Gasteiger partial charge in [0.1, 0.15) is 0 Å². The van der Waals surface area contributed by atoms with Crippen molar-refractivity contribution in [2.24, 2.45) is 29.6 Å². The van der Waals surface area contributed by atoms with Crippen molar-refractivity contribution in [3.8, 4) is 0 Å². The average Bonchev–Trinajstić information content (AvgIpc) is 2.86. The summed E-state index contributed by atoms with van der Waals surface area (Å²) in [4.78, 5) is 0. The minimum atomic E-state index is -0.645. The molecule has 4 rings (SSSR count). The molecule has 2 fully saturated rings. The first-order chi connectivity index (χ1) is 16.0. The van der Waals surface area contributed by atoms with Crippen molar-refractivity contribution in [2.75, 3.05) is 0 Å². The zero-order chi connectivity index (χ0) is 23.2. The molecule has 0 amide bonds. The van der Waals surface area contributed by atoms with Gasteiger partial charge in [-0.1, -0.05) is 56.2 Å². The minimum Gasteiger partial charge on any atom is -0.203 e. The van der Waals surface area contributed by atoms with Gasteiger partial charge in [-0.15, -0.1) is 6.58 Å². The molecule has 0 spiro atoms. The van der Waals surface area contributed by atoms with Crippen molar-refractivity contribution in [2.45, 2.75) is 90.4 Å². The second-order valence-electron chi connectivity index (χ2n) is 11.1. The average molecular weight is 453 g/mol. The largest absolute Gasteiger partial charge is 0.203 e. The number of rotatable bonds is 7. The summed E-state index contributed by atoms with van der Waals surface area (Å²) in [5.41, 5.74) is 1.99. The van der Waals surface area contributed by atoms with Crippen molar-refractivity contribution < 1.29 is 8.78 Å². The van der Waals surface area contributed by atoms with Crippen LogP contribution in [0.5, 0.6) is 0 Å². The highest BCUT2D eigenvalue weighted by Crippen LogP contribution is 2.42. The minimum absolute atomic E-state index is 0.483. The van der Waals surface area contributed by atoms with Gasteiger partial charge in [-0.2, -0.15) is 0 Å². The van der Waals surface area contributed by atoms with E-state index in [2.05, 4.69) is 37.8 Å². The Morgan fingerprint density at radius 1 is 0.879 bits per heavy atom. The van der Waals surface area contributed by atoms with Crippen LogP contribution in [0.4, 0.5) is 8.78 Å². The predicted octanol–water partition coefficient (Wildman–Crippen LogP) is 9.46. The monoisotopic (exact) mass is 452 g/mol. The van der Waals surface area contributed by atoms with Crippen molar-refractivity contribution in [3.63, 3.8) is 0 Å². The van der Waals surface area contributed by atoms with Gasteiger partial charge in [-0.3, -0.25) is 0 Å². The fourth-order valence-corrected chi connectivity index (χ4v) is 6.42. The maximum Gasteiger partial charge on any atom is 0.166 e. The van der Waals surface area contributed by atoms with Crippen LogP contribution in [0.1, 0.15) is 95.1 Å². The highest BCUT2D eigenvalue weighted by Gasteiger charge is 2.28. The first-order valence-electron chi connectivity index (χ1n) is 13.5. The van der Waals surface area contributed by atoms with Gasteiger partial charge in [0.2, 0.25) is 0 Å². The lowest BCUT2D eigenvalue weighted by Gasteiger charge is -2.34. The van der Waals surface area contributed by atoms with Crippen LogP contribution in [-0.4, -0.2) is 0 Å². The summed E-state index contributed by atoms with van der Waals surface area (Å²) in [5, 5.41) is 0. The molecular weight excluding hydrogens is 410 g/mol. The summed E-state index contributed by atoms with van der Waals surface area (Å²) in [7, 11) is 0. The van der Waals surface area contributed by atoms with Gasteiger partial charge >= 0.3 is 0 Å². The van der Waals surface area contributed by atoms with Gasteiger partial charge in [0.05, 0.1) is 0 Å². The molecule has 0 N–H and O–H groups in total. The first-order valence-corrected chi connectivity index (χ1v) is 13.5. The third-order valence-electron chi connectivity index (χ3n) is 8.83. The van der Waals surface area contributed by atoms with E-state index in [1.54, 1.807) is 0 Å². The Morgan fingerprint density at radius 3 is 2.27 bits per heavy atom. The van der Waals surface area contributed by atoms with E-state index >= 15 is 0 Å². The van der Waals surface area contributed by atoms with Crippen LogP contribution < -0.4 is 0 Å². The third kappa shape index (κ3) is 6.25. The SMILES string of the molecule is C=CC1CCC(C2CC=C(c3ccc(CC/C=C/C4CCC(C)CC4)c(F)c3F)CC2)CC1. The van der Waals surface area contributed by atoms with E-state index in [0.717, 1.165) is 43.1 Å². The third-order valence-corrected chi connectivity index (χ3v) is 8.83. The number of allylic oxidation sites excluding steroid dienone is 5. The summed E-state index contributed by atoms with van der Waals surface area (Å²) in [6.45, 7) is 6.28. The van der Waals surface area contributed by atoms with E-state index in [9.17, 15) is 8.78 Å². The van der Waals surface area contributed by atoms with E-state index in [1.807, 2.05) is 12.1 Å². The van der Waals surface area contributed by atoms with Crippen LogP contribution in [0.15, 0.2) is 43.0 Å². The fraction of sp³-hybridized carbons (Fsp3) is 0.613. The second kappa shape index (κ2) is 11.6. The molecule has 1 atom stereocenters. The van der Waals surface area contributed by atoms with Crippen LogP contribution in [0.2, 0.25) is 0 Å². The summed E-state index contributed by atoms with van der Waals surface area (Å²) in [5.74, 6) is 2.42. The van der Waals surface area contributed by atoms with E-state index < -0.39 is 11.6 Å². The van der Waals surface area contributed by atoms with Crippen LogP contribution >= 0.6 is 0 Å². The molecule has 1 aromatic carbocycles. The Labute approximate surface area is 200 Å². The van der Waals surface area contributed by atoms with Gasteiger partial charge in [-0.25, -0.2) is 8.78 Å². The molecule has 180 valence electrons. The van der Waals surface area contributed by atoms with Crippen LogP contribution in [0.25, 0.3) is 5.57 Å². The Kier molecular flexibility index (Phi) is 8.61. The molecule has 3 aliphatic carbocycles. The van der Waals surface area contributed by atoms with Crippen molar-refractivity contribution >= 4 is 5.57 Å². The lowest BCUT2D eigenvalue weighted by atomic mass is 9.71. The summed E-state index contributed by atoms with van der Waals surface area (Å²) in [6.07, 6.45) is 23.4. The Hall–Kier alpha value is -1.70. The quantitative estimate of drug-likeness (QED) is 0.361. The molecule has 0 nitrogen and oxygen atoms in total. The molecule has 33 heavy (non-hydrogen) atoms. The smallest absolute Gasteiger partial charge is 0.166 e. The highest BCUT2D eigenvalue weighted by molar-refractivity contribution is 5.67. The zero-order valence-corrected chi connectivity index (χ0v) is 20.5. The van der Waals surface area contributed by atoms with Gasteiger partial charge in [0.15, 0.2) is 11.6 Å². The lowest BCUT2D eigenvalue weighted by Crippen LogP contribution is -2.22. The molecule has 0 radical (unpaired) electrons. The molecule has 2 heteroatoms. The molecular formula is C31H42F2. The molecule has 0 aromatic heterocycles. The molecule has 0 aliphatic heterocycles. The molecule has 1 unspecified atom stereocenters. The number of aryl methyl sites for hydroxylation is 1. The summed E-state index contributed by atoms with van der Waals surface area (Å²) < 4.78 is 29.8. The van der Waals surface area contributed by atoms with Crippen molar-refractivity contribution in [1.29, 1.82) is 0 Å². The topological polar surface area (TPSA) is 0 Å². The molecule has 1 aromatic rings. The maximum atomic E-state index is 15.0. The number of hydrogen-bond donors (Lipinski definition) is 0. The summed E-state index contributed by atoms with van der Waals surface area (Å²) in [6, 6.07) is 3.63. The van der Waals surface area contributed by atoms with Crippen LogP contribution in [0, 0.1) is 41.2 Å². The Balaban J connectivity index is 1.31. The van der Waals surface area contributed by atoms with E-state index in [4.69, 9.17) is 0 Å². The van der Waals surface area contributed by atoms with E-state index in [0.29, 0.717) is 35.3 Å². The predicted molar refractivity (Wildman–Crippen MR) is 136 cm³/mol. The van der Waals surface area contributed by atoms with Gasteiger partial charge in [-0.05, 0) is 111 Å². The first kappa shape index (κ1) is 24.4. The van der Waals surface area contributed by atoms with Crippen LogP contribution in [-0.2, 0) is 6.42 Å². The van der Waals surface area contributed by atoms with Crippen LogP contribution in [0.3, 0.4) is 0 Å². The zero-order valence-electron chi connectivity index (χ0n) is 20.5. The van der Waals surface area contributed by atoms with Gasteiger partial charge < -0.3 is 0 Å². The standard InChI is InChI=1S/C31H42F2/c1-3-23-12-14-25(15-13-23)26-16-18-27(19-17-26)29-21-20-28(30(32)31(29)33)7-5-4-6-24-10-8-22(2)9-11-24/h3-4,6,18,20-26H,1,5,7-17,19H2,2H3/b6-4+. The summed E-state index contributed by atoms with van der Waals surface area (Å²) >= 11 is 0. The van der Waals surface area contributed by atoms with E-state index in [-0.39, 0.29) is 0 Å². The molecule has 0 bridgehead atoms. The fourth-order valence-electron chi connectivity index (χ4n) is 6.42.